The zero-order valence-corrected chi connectivity index (χ0v) is 16.6. The van der Waals surface area contributed by atoms with Crippen LogP contribution in [0.2, 0.25) is 0 Å². The number of fused-ring (bicyclic) bond motifs is 3. The molecule has 0 bridgehead atoms. The maximum atomic E-state index is 12.4. The van der Waals surface area contributed by atoms with Crippen molar-refractivity contribution in [2.24, 2.45) is 5.41 Å². The normalized spacial score (nSPS) is 14.4. The van der Waals surface area contributed by atoms with Crippen LogP contribution in [0.1, 0.15) is 44.2 Å². The topological polar surface area (TPSA) is 49.8 Å². The van der Waals surface area contributed by atoms with E-state index in [2.05, 4.69) is 24.3 Å². The molecule has 0 heterocycles. The molecular formula is C23H29NO3. The summed E-state index contributed by atoms with van der Waals surface area (Å²) in [5, 5.41) is 10.2. The SMILES string of the molecule is CN(CCC(O)C(C)(C)C)C(=O)OCC1c2ccccc2-c2ccccc21. The smallest absolute Gasteiger partial charge is 0.409 e. The molecule has 0 spiro atoms. The van der Waals surface area contributed by atoms with Gasteiger partial charge in [-0.2, -0.15) is 0 Å². The molecule has 2 aromatic carbocycles. The van der Waals surface area contributed by atoms with Crippen LogP contribution in [-0.2, 0) is 4.74 Å². The summed E-state index contributed by atoms with van der Waals surface area (Å²) in [5.41, 5.74) is 4.66. The summed E-state index contributed by atoms with van der Waals surface area (Å²) >= 11 is 0. The maximum absolute atomic E-state index is 12.4. The number of rotatable bonds is 5. The Hall–Kier alpha value is -2.33. The Morgan fingerprint density at radius 2 is 1.59 bits per heavy atom. The molecule has 1 N–H and O–H groups in total. The molecule has 0 radical (unpaired) electrons. The quantitative estimate of drug-likeness (QED) is 0.836. The molecule has 4 nitrogen and oxygen atoms in total. The Labute approximate surface area is 161 Å². The second-order valence-electron chi connectivity index (χ2n) is 8.40. The molecule has 1 atom stereocenters. The van der Waals surface area contributed by atoms with Crippen molar-refractivity contribution in [1.82, 2.24) is 4.90 Å². The lowest BCUT2D eigenvalue weighted by Gasteiger charge is -2.27. The third kappa shape index (κ3) is 4.16. The number of ether oxygens (including phenoxy) is 1. The molecule has 0 saturated heterocycles. The monoisotopic (exact) mass is 367 g/mol. The van der Waals surface area contributed by atoms with E-state index in [-0.39, 0.29) is 17.4 Å². The fourth-order valence-corrected chi connectivity index (χ4v) is 3.54. The molecule has 1 aliphatic carbocycles. The number of carbonyl (C=O) groups is 1. The predicted molar refractivity (Wildman–Crippen MR) is 108 cm³/mol. The standard InChI is InChI=1S/C23H29NO3/c1-23(2,3)21(25)13-14-24(4)22(26)27-15-20-18-11-7-5-9-16(18)17-10-6-8-12-19(17)20/h5-12,20-21,25H,13-15H2,1-4H3. The highest BCUT2D eigenvalue weighted by Crippen LogP contribution is 2.44. The Morgan fingerprint density at radius 1 is 1.07 bits per heavy atom. The van der Waals surface area contributed by atoms with Gasteiger partial charge in [-0.25, -0.2) is 4.79 Å². The van der Waals surface area contributed by atoms with E-state index < -0.39 is 6.10 Å². The minimum absolute atomic E-state index is 0.0647. The molecule has 2 aromatic rings. The number of aliphatic hydroxyl groups is 1. The van der Waals surface area contributed by atoms with E-state index in [0.29, 0.717) is 19.6 Å². The first-order chi connectivity index (χ1) is 12.8. The van der Waals surface area contributed by atoms with Crippen molar-refractivity contribution in [3.05, 3.63) is 59.7 Å². The van der Waals surface area contributed by atoms with E-state index in [0.717, 1.165) is 0 Å². The van der Waals surface area contributed by atoms with Gasteiger partial charge in [-0.3, -0.25) is 0 Å². The Bertz CT molecular complexity index is 764. The van der Waals surface area contributed by atoms with Gasteiger partial charge >= 0.3 is 6.09 Å². The van der Waals surface area contributed by atoms with Crippen LogP contribution in [0.5, 0.6) is 0 Å². The number of nitrogens with zero attached hydrogens (tertiary/aromatic N) is 1. The molecule has 1 unspecified atom stereocenters. The maximum Gasteiger partial charge on any atom is 0.409 e. The first-order valence-corrected chi connectivity index (χ1v) is 9.53. The number of hydrogen-bond donors (Lipinski definition) is 1. The average Bonchev–Trinajstić information content (AvgIpc) is 2.97. The number of hydrogen-bond acceptors (Lipinski definition) is 3. The first-order valence-electron chi connectivity index (χ1n) is 9.53. The van der Waals surface area contributed by atoms with Crippen molar-refractivity contribution in [3.8, 4) is 11.1 Å². The number of amides is 1. The van der Waals surface area contributed by atoms with Crippen molar-refractivity contribution in [1.29, 1.82) is 0 Å². The van der Waals surface area contributed by atoms with Gasteiger partial charge in [-0.05, 0) is 34.1 Å². The second kappa shape index (κ2) is 7.73. The third-order valence-electron chi connectivity index (χ3n) is 5.39. The van der Waals surface area contributed by atoms with Gasteiger partial charge < -0.3 is 14.7 Å². The highest BCUT2D eigenvalue weighted by Gasteiger charge is 2.29. The first kappa shape index (κ1) is 19.4. The number of benzene rings is 2. The lowest BCUT2D eigenvalue weighted by molar-refractivity contribution is 0.0448. The van der Waals surface area contributed by atoms with Gasteiger partial charge in [0.05, 0.1) is 6.10 Å². The lowest BCUT2D eigenvalue weighted by Crippen LogP contribution is -2.34. The van der Waals surface area contributed by atoms with Crippen LogP contribution >= 0.6 is 0 Å². The number of carbonyl (C=O) groups excluding carboxylic acids is 1. The Morgan fingerprint density at radius 3 is 2.11 bits per heavy atom. The summed E-state index contributed by atoms with van der Waals surface area (Å²) in [6.07, 6.45) is -0.274. The van der Waals surface area contributed by atoms with E-state index >= 15 is 0 Å². The molecule has 0 fully saturated rings. The molecule has 0 aliphatic heterocycles. The summed E-state index contributed by atoms with van der Waals surface area (Å²) in [5.74, 6) is 0.0647. The van der Waals surface area contributed by atoms with E-state index in [1.807, 2.05) is 45.0 Å². The lowest BCUT2D eigenvalue weighted by atomic mass is 9.87. The molecule has 0 aromatic heterocycles. The fourth-order valence-electron chi connectivity index (χ4n) is 3.54. The van der Waals surface area contributed by atoms with Crippen molar-refractivity contribution in [2.45, 2.75) is 39.2 Å². The minimum Gasteiger partial charge on any atom is -0.448 e. The van der Waals surface area contributed by atoms with Crippen molar-refractivity contribution in [3.63, 3.8) is 0 Å². The van der Waals surface area contributed by atoms with Gasteiger partial charge in [-0.1, -0.05) is 69.3 Å². The van der Waals surface area contributed by atoms with Crippen LogP contribution in [0.15, 0.2) is 48.5 Å². The van der Waals surface area contributed by atoms with Crippen LogP contribution in [0.4, 0.5) is 4.79 Å². The van der Waals surface area contributed by atoms with Crippen LogP contribution in [0.3, 0.4) is 0 Å². The van der Waals surface area contributed by atoms with Crippen molar-refractivity contribution >= 4 is 6.09 Å². The Balaban J connectivity index is 1.62. The van der Waals surface area contributed by atoms with Crippen LogP contribution in [-0.4, -0.2) is 42.4 Å². The Kier molecular flexibility index (Phi) is 5.56. The van der Waals surface area contributed by atoms with Crippen molar-refractivity contribution < 1.29 is 14.6 Å². The van der Waals surface area contributed by atoms with Gasteiger partial charge in [0.15, 0.2) is 0 Å². The zero-order valence-electron chi connectivity index (χ0n) is 16.6. The molecule has 1 aliphatic rings. The summed E-state index contributed by atoms with van der Waals surface area (Å²) < 4.78 is 5.62. The fraction of sp³-hybridized carbons (Fsp3) is 0.435. The summed E-state index contributed by atoms with van der Waals surface area (Å²) in [6, 6.07) is 16.6. The van der Waals surface area contributed by atoms with Gasteiger partial charge in [0.25, 0.3) is 0 Å². The predicted octanol–water partition coefficient (Wildman–Crippen LogP) is 4.66. The molecule has 4 heteroatoms. The largest absolute Gasteiger partial charge is 0.448 e. The van der Waals surface area contributed by atoms with Gasteiger partial charge in [0, 0.05) is 19.5 Å². The van der Waals surface area contributed by atoms with Crippen LogP contribution in [0, 0.1) is 5.41 Å². The minimum atomic E-state index is -0.457. The molecule has 0 saturated carbocycles. The highest BCUT2D eigenvalue weighted by atomic mass is 16.6. The summed E-state index contributed by atoms with van der Waals surface area (Å²) in [4.78, 5) is 14.0. The van der Waals surface area contributed by atoms with E-state index in [4.69, 9.17) is 4.74 Å². The zero-order chi connectivity index (χ0) is 19.6. The van der Waals surface area contributed by atoms with Crippen LogP contribution < -0.4 is 0 Å². The molecule has 3 rings (SSSR count). The average molecular weight is 367 g/mol. The van der Waals surface area contributed by atoms with Gasteiger partial charge in [-0.15, -0.1) is 0 Å². The van der Waals surface area contributed by atoms with E-state index in [9.17, 15) is 9.90 Å². The van der Waals surface area contributed by atoms with Crippen LogP contribution in [0.25, 0.3) is 11.1 Å². The molecule has 1 amide bonds. The molecule has 27 heavy (non-hydrogen) atoms. The second-order valence-corrected chi connectivity index (χ2v) is 8.40. The third-order valence-corrected chi connectivity index (χ3v) is 5.39. The van der Waals surface area contributed by atoms with E-state index in [1.54, 1.807) is 11.9 Å². The summed E-state index contributed by atoms with van der Waals surface area (Å²) in [7, 11) is 1.72. The highest BCUT2D eigenvalue weighted by molar-refractivity contribution is 5.79. The number of aliphatic hydroxyl groups excluding tert-OH is 1. The summed E-state index contributed by atoms with van der Waals surface area (Å²) in [6.45, 7) is 6.76. The van der Waals surface area contributed by atoms with Gasteiger partial charge in [0.2, 0.25) is 0 Å². The van der Waals surface area contributed by atoms with Gasteiger partial charge in [0.1, 0.15) is 6.61 Å². The molecular weight excluding hydrogens is 338 g/mol. The van der Waals surface area contributed by atoms with E-state index in [1.165, 1.54) is 22.3 Å². The molecule has 144 valence electrons. The van der Waals surface area contributed by atoms with Crippen molar-refractivity contribution in [2.75, 3.05) is 20.2 Å².